The highest BCUT2D eigenvalue weighted by Crippen LogP contribution is 2.13. The third kappa shape index (κ3) is 10.7. The molecule has 9 heteroatoms. The second kappa shape index (κ2) is 15.1. The van der Waals surface area contributed by atoms with Crippen LogP contribution in [0.5, 0.6) is 0 Å². The Morgan fingerprint density at radius 1 is 1.00 bits per heavy atom. The van der Waals surface area contributed by atoms with E-state index >= 15 is 0 Å². The number of nitrogen functional groups attached to an aromatic ring is 1. The SMILES string of the molecule is CCC(CCC(=O)NCCCCc1ccc(C(=N)N)cc1)C(=O)ONC(=O)OCc1ccccc1. The number of carbonyl (C=O) groups is 3. The van der Waals surface area contributed by atoms with Crippen LogP contribution in [0.15, 0.2) is 54.6 Å². The average molecular weight is 483 g/mol. The number of amides is 2. The second-order valence-electron chi connectivity index (χ2n) is 8.15. The molecule has 188 valence electrons. The van der Waals surface area contributed by atoms with E-state index in [1.165, 1.54) is 0 Å². The molecule has 35 heavy (non-hydrogen) atoms. The molecule has 1 atom stereocenters. The zero-order valence-corrected chi connectivity index (χ0v) is 20.0. The summed E-state index contributed by atoms with van der Waals surface area (Å²) in [6, 6.07) is 16.7. The summed E-state index contributed by atoms with van der Waals surface area (Å²) in [7, 11) is 0. The van der Waals surface area contributed by atoms with Crippen molar-refractivity contribution in [3.8, 4) is 0 Å². The summed E-state index contributed by atoms with van der Waals surface area (Å²) in [4.78, 5) is 40.9. The molecule has 2 aromatic rings. The minimum absolute atomic E-state index is 0.0513. The van der Waals surface area contributed by atoms with Crippen molar-refractivity contribution in [1.82, 2.24) is 10.8 Å². The summed E-state index contributed by atoms with van der Waals surface area (Å²) in [6.45, 7) is 2.44. The Morgan fingerprint density at radius 2 is 1.71 bits per heavy atom. The molecule has 0 saturated carbocycles. The number of nitrogens with one attached hydrogen (secondary N) is 3. The van der Waals surface area contributed by atoms with E-state index < -0.39 is 18.0 Å². The number of ether oxygens (including phenoxy) is 1. The Labute approximate surface area is 205 Å². The van der Waals surface area contributed by atoms with Gasteiger partial charge >= 0.3 is 12.1 Å². The molecule has 0 fully saturated rings. The lowest BCUT2D eigenvalue weighted by atomic mass is 10.0. The highest BCUT2D eigenvalue weighted by Gasteiger charge is 2.21. The van der Waals surface area contributed by atoms with Gasteiger partial charge in [0.25, 0.3) is 0 Å². The zero-order chi connectivity index (χ0) is 25.5. The molecule has 5 N–H and O–H groups in total. The smallest absolute Gasteiger partial charge is 0.441 e. The van der Waals surface area contributed by atoms with Gasteiger partial charge in [0.05, 0.1) is 5.92 Å². The average Bonchev–Trinajstić information content (AvgIpc) is 2.87. The molecule has 1 unspecified atom stereocenters. The Bertz CT molecular complexity index is 963. The molecule has 0 aliphatic carbocycles. The van der Waals surface area contributed by atoms with Crippen LogP contribution in [0, 0.1) is 11.3 Å². The predicted molar refractivity (Wildman–Crippen MR) is 132 cm³/mol. The minimum Gasteiger partial charge on any atom is -0.443 e. The van der Waals surface area contributed by atoms with Gasteiger partial charge < -0.3 is 20.6 Å². The molecule has 0 radical (unpaired) electrons. The molecule has 9 nitrogen and oxygen atoms in total. The van der Waals surface area contributed by atoms with Crippen molar-refractivity contribution < 1.29 is 24.0 Å². The predicted octanol–water partition coefficient (Wildman–Crippen LogP) is 3.60. The fourth-order valence-corrected chi connectivity index (χ4v) is 3.34. The van der Waals surface area contributed by atoms with E-state index in [1.54, 1.807) is 0 Å². The van der Waals surface area contributed by atoms with Crippen molar-refractivity contribution in [2.75, 3.05) is 6.54 Å². The van der Waals surface area contributed by atoms with Crippen molar-refractivity contribution in [3.05, 3.63) is 71.3 Å². The number of hydroxylamine groups is 1. The molecule has 2 rings (SSSR count). The number of hydrogen-bond acceptors (Lipinski definition) is 6. The highest BCUT2D eigenvalue weighted by atomic mass is 16.7. The molecule has 0 heterocycles. The van der Waals surface area contributed by atoms with Gasteiger partial charge in [-0.3, -0.25) is 10.2 Å². The molecular weight excluding hydrogens is 448 g/mol. The van der Waals surface area contributed by atoms with Crippen LogP contribution in [0.2, 0.25) is 0 Å². The largest absolute Gasteiger partial charge is 0.443 e. The molecule has 2 amide bonds. The Hall–Kier alpha value is -3.88. The Kier molecular flexibility index (Phi) is 11.8. The monoisotopic (exact) mass is 482 g/mol. The van der Waals surface area contributed by atoms with Crippen molar-refractivity contribution in [2.24, 2.45) is 11.7 Å². The van der Waals surface area contributed by atoms with Crippen LogP contribution in [0.25, 0.3) is 0 Å². The van der Waals surface area contributed by atoms with Crippen LogP contribution in [-0.4, -0.2) is 30.4 Å². The van der Waals surface area contributed by atoms with Crippen molar-refractivity contribution in [2.45, 2.75) is 52.1 Å². The van der Waals surface area contributed by atoms with Gasteiger partial charge in [-0.05, 0) is 43.2 Å². The number of benzene rings is 2. The first kappa shape index (κ1) is 27.4. The van der Waals surface area contributed by atoms with Crippen LogP contribution < -0.4 is 16.5 Å². The summed E-state index contributed by atoms with van der Waals surface area (Å²) < 4.78 is 4.99. The fraction of sp³-hybridized carbons (Fsp3) is 0.385. The minimum atomic E-state index is -0.857. The fourth-order valence-electron chi connectivity index (χ4n) is 3.34. The van der Waals surface area contributed by atoms with Gasteiger partial charge in [-0.1, -0.05) is 61.5 Å². The van der Waals surface area contributed by atoms with Gasteiger partial charge in [-0.15, -0.1) is 5.48 Å². The third-order valence-electron chi connectivity index (χ3n) is 5.47. The number of amidine groups is 1. The van der Waals surface area contributed by atoms with E-state index in [0.717, 1.165) is 30.4 Å². The lowest BCUT2D eigenvalue weighted by molar-refractivity contribution is -0.155. The van der Waals surface area contributed by atoms with Crippen molar-refractivity contribution in [3.63, 3.8) is 0 Å². The number of rotatable bonds is 13. The lowest BCUT2D eigenvalue weighted by Crippen LogP contribution is -2.32. The van der Waals surface area contributed by atoms with Gasteiger partial charge in [0.2, 0.25) is 5.91 Å². The molecular formula is C26H34N4O5. The van der Waals surface area contributed by atoms with E-state index in [-0.39, 0.29) is 24.8 Å². The molecule has 0 saturated heterocycles. The van der Waals surface area contributed by atoms with E-state index in [1.807, 2.05) is 67.0 Å². The highest BCUT2D eigenvalue weighted by molar-refractivity contribution is 5.94. The third-order valence-corrected chi connectivity index (χ3v) is 5.47. The van der Waals surface area contributed by atoms with E-state index in [2.05, 4.69) is 5.32 Å². The zero-order valence-electron chi connectivity index (χ0n) is 20.0. The van der Waals surface area contributed by atoms with Gasteiger partial charge in [-0.2, -0.15) is 0 Å². The van der Waals surface area contributed by atoms with Crippen molar-refractivity contribution in [1.29, 1.82) is 5.41 Å². The van der Waals surface area contributed by atoms with Crippen LogP contribution in [0.3, 0.4) is 0 Å². The first-order valence-electron chi connectivity index (χ1n) is 11.8. The molecule has 0 aliphatic heterocycles. The van der Waals surface area contributed by atoms with E-state index in [0.29, 0.717) is 24.9 Å². The standard InChI is InChI=1S/C26H34N4O5/c1-2-21(25(32)35-30-26(33)34-18-20-9-4-3-5-10-20)15-16-23(31)29-17-7-6-8-19-11-13-22(14-12-19)24(27)28/h3-5,9-14,21H,2,6-8,15-18H2,1H3,(H3,27,28)(H,29,31)(H,30,33). The number of nitrogens with two attached hydrogens (primary N) is 1. The first-order chi connectivity index (χ1) is 16.9. The van der Waals surface area contributed by atoms with Crippen LogP contribution >= 0.6 is 0 Å². The summed E-state index contributed by atoms with van der Waals surface area (Å²) >= 11 is 0. The van der Waals surface area contributed by atoms with Crippen LogP contribution in [0.4, 0.5) is 4.79 Å². The van der Waals surface area contributed by atoms with Crippen molar-refractivity contribution >= 4 is 23.8 Å². The molecule has 2 aromatic carbocycles. The molecule has 0 bridgehead atoms. The summed E-state index contributed by atoms with van der Waals surface area (Å²) in [5.74, 6) is -1.19. The number of hydrogen-bond donors (Lipinski definition) is 4. The summed E-state index contributed by atoms with van der Waals surface area (Å²) in [6.07, 6.45) is 2.76. The van der Waals surface area contributed by atoms with Crippen LogP contribution in [-0.2, 0) is 32.2 Å². The van der Waals surface area contributed by atoms with Gasteiger partial charge in [-0.25, -0.2) is 9.59 Å². The number of unbranched alkanes of at least 4 members (excludes halogenated alkanes) is 1. The van der Waals surface area contributed by atoms with E-state index in [4.69, 9.17) is 20.7 Å². The Morgan fingerprint density at radius 3 is 2.37 bits per heavy atom. The summed E-state index contributed by atoms with van der Waals surface area (Å²) in [5, 5.41) is 10.3. The first-order valence-corrected chi connectivity index (χ1v) is 11.8. The quantitative estimate of drug-likeness (QED) is 0.149. The van der Waals surface area contributed by atoms with Gasteiger partial charge in [0.1, 0.15) is 12.4 Å². The van der Waals surface area contributed by atoms with Gasteiger partial charge in [0.15, 0.2) is 0 Å². The topological polar surface area (TPSA) is 144 Å². The maximum absolute atomic E-state index is 12.2. The normalized spacial score (nSPS) is 11.2. The Balaban J connectivity index is 1.57. The van der Waals surface area contributed by atoms with E-state index in [9.17, 15) is 14.4 Å². The maximum atomic E-state index is 12.2. The number of aryl methyl sites for hydroxylation is 1. The number of carbonyl (C=O) groups excluding carboxylic acids is 3. The second-order valence-corrected chi connectivity index (χ2v) is 8.15. The molecule has 0 aromatic heterocycles. The molecule has 0 aliphatic rings. The lowest BCUT2D eigenvalue weighted by Gasteiger charge is -2.14. The van der Waals surface area contributed by atoms with Gasteiger partial charge in [0, 0.05) is 18.5 Å². The molecule has 0 spiro atoms. The van der Waals surface area contributed by atoms with Crippen LogP contribution in [0.1, 0.15) is 55.7 Å². The summed E-state index contributed by atoms with van der Waals surface area (Å²) in [5.41, 5.74) is 10.1. The maximum Gasteiger partial charge on any atom is 0.441 e.